The Morgan fingerprint density at radius 3 is 2.67 bits per heavy atom. The summed E-state index contributed by atoms with van der Waals surface area (Å²) in [6, 6.07) is 4.89. The number of phenols is 1. The van der Waals surface area contributed by atoms with Crippen LogP contribution in [-0.2, 0) is 0 Å². The van der Waals surface area contributed by atoms with Crippen molar-refractivity contribution >= 4 is 11.7 Å². The number of aryl methyl sites for hydroxylation is 2. The van der Waals surface area contributed by atoms with E-state index in [9.17, 15) is 9.90 Å². The van der Waals surface area contributed by atoms with Gasteiger partial charge in [-0.2, -0.15) is 5.10 Å². The summed E-state index contributed by atoms with van der Waals surface area (Å²) in [5, 5.41) is 19.1. The number of aromatic amines is 1. The molecule has 0 aliphatic carbocycles. The van der Waals surface area contributed by atoms with Gasteiger partial charge in [0.2, 0.25) is 0 Å². The zero-order valence-electron chi connectivity index (χ0n) is 10.5. The Morgan fingerprint density at radius 1 is 1.33 bits per heavy atom. The Morgan fingerprint density at radius 2 is 2.06 bits per heavy atom. The van der Waals surface area contributed by atoms with Crippen molar-refractivity contribution in [1.82, 2.24) is 10.2 Å². The molecule has 2 rings (SSSR count). The molecular formula is C13H15N3O2. The largest absolute Gasteiger partial charge is 0.507 e. The van der Waals surface area contributed by atoms with Gasteiger partial charge in [-0.3, -0.25) is 9.89 Å². The van der Waals surface area contributed by atoms with E-state index >= 15 is 0 Å². The van der Waals surface area contributed by atoms with Gasteiger partial charge in [-0.15, -0.1) is 0 Å². The molecule has 1 heterocycles. The number of anilines is 1. The highest BCUT2D eigenvalue weighted by Gasteiger charge is 2.14. The maximum absolute atomic E-state index is 12.0. The first kappa shape index (κ1) is 12.2. The molecule has 5 nitrogen and oxygen atoms in total. The molecule has 0 saturated carbocycles. The Hall–Kier alpha value is -2.30. The highest BCUT2D eigenvalue weighted by molar-refractivity contribution is 6.06. The molecule has 0 radical (unpaired) electrons. The lowest BCUT2D eigenvalue weighted by atomic mass is 10.1. The Labute approximate surface area is 105 Å². The minimum Gasteiger partial charge on any atom is -0.507 e. The van der Waals surface area contributed by atoms with E-state index in [1.807, 2.05) is 20.8 Å². The number of amides is 1. The van der Waals surface area contributed by atoms with E-state index in [1.54, 1.807) is 12.1 Å². The van der Waals surface area contributed by atoms with Crippen LogP contribution in [0.3, 0.4) is 0 Å². The zero-order chi connectivity index (χ0) is 13.3. The highest BCUT2D eigenvalue weighted by atomic mass is 16.3. The molecule has 0 spiro atoms. The normalized spacial score (nSPS) is 10.4. The molecule has 1 amide bonds. The second kappa shape index (κ2) is 4.52. The van der Waals surface area contributed by atoms with Crippen molar-refractivity contribution in [3.05, 3.63) is 40.6 Å². The summed E-state index contributed by atoms with van der Waals surface area (Å²) in [5.41, 5.74) is 2.94. The molecule has 5 heteroatoms. The average Bonchev–Trinajstić information content (AvgIpc) is 2.64. The predicted octanol–water partition coefficient (Wildman–Crippen LogP) is 2.29. The maximum Gasteiger partial charge on any atom is 0.260 e. The fourth-order valence-electron chi connectivity index (χ4n) is 1.61. The first-order valence-corrected chi connectivity index (χ1v) is 5.61. The van der Waals surface area contributed by atoms with Crippen molar-refractivity contribution in [2.45, 2.75) is 20.8 Å². The van der Waals surface area contributed by atoms with Crippen LogP contribution in [-0.4, -0.2) is 21.2 Å². The monoisotopic (exact) mass is 245 g/mol. The summed E-state index contributed by atoms with van der Waals surface area (Å²) in [5.74, 6) is 0.0761. The fourth-order valence-corrected chi connectivity index (χ4v) is 1.61. The smallest absolute Gasteiger partial charge is 0.260 e. The molecule has 18 heavy (non-hydrogen) atoms. The average molecular weight is 245 g/mol. The molecule has 0 aliphatic rings. The van der Waals surface area contributed by atoms with Crippen molar-refractivity contribution in [2.24, 2.45) is 0 Å². The number of hydrogen-bond acceptors (Lipinski definition) is 3. The second-order valence-corrected chi connectivity index (χ2v) is 4.30. The molecule has 0 bridgehead atoms. The molecule has 2 aromatic rings. The van der Waals surface area contributed by atoms with Crippen molar-refractivity contribution in [3.63, 3.8) is 0 Å². The van der Waals surface area contributed by atoms with Gasteiger partial charge < -0.3 is 10.4 Å². The molecular weight excluding hydrogens is 230 g/mol. The van der Waals surface area contributed by atoms with Crippen LogP contribution in [0.2, 0.25) is 0 Å². The lowest BCUT2D eigenvalue weighted by Crippen LogP contribution is -2.13. The van der Waals surface area contributed by atoms with Gasteiger partial charge in [-0.05, 0) is 32.9 Å². The van der Waals surface area contributed by atoms with Crippen LogP contribution in [0.5, 0.6) is 5.75 Å². The summed E-state index contributed by atoms with van der Waals surface area (Å²) in [4.78, 5) is 12.0. The minimum absolute atomic E-state index is 0.0389. The molecule has 1 aromatic heterocycles. The second-order valence-electron chi connectivity index (χ2n) is 4.30. The van der Waals surface area contributed by atoms with E-state index in [2.05, 4.69) is 15.5 Å². The third-order valence-electron chi connectivity index (χ3n) is 2.88. The number of benzene rings is 1. The topological polar surface area (TPSA) is 78.0 Å². The van der Waals surface area contributed by atoms with Crippen molar-refractivity contribution in [1.29, 1.82) is 0 Å². The third-order valence-corrected chi connectivity index (χ3v) is 2.88. The van der Waals surface area contributed by atoms with Crippen LogP contribution in [0.15, 0.2) is 18.2 Å². The highest BCUT2D eigenvalue weighted by Crippen LogP contribution is 2.21. The summed E-state index contributed by atoms with van der Waals surface area (Å²) in [7, 11) is 0. The van der Waals surface area contributed by atoms with Crippen LogP contribution in [0, 0.1) is 20.8 Å². The fraction of sp³-hybridized carbons (Fsp3) is 0.231. The number of nitrogens with zero attached hydrogens (tertiary/aromatic N) is 1. The van der Waals surface area contributed by atoms with Gasteiger partial charge in [0.1, 0.15) is 5.75 Å². The van der Waals surface area contributed by atoms with Crippen LogP contribution in [0.4, 0.5) is 5.82 Å². The molecule has 0 atom stereocenters. The van der Waals surface area contributed by atoms with Crippen LogP contribution in [0.1, 0.15) is 27.2 Å². The number of aromatic nitrogens is 2. The van der Waals surface area contributed by atoms with Gasteiger partial charge in [0.15, 0.2) is 5.82 Å². The standard InChI is InChI=1S/C13H15N3O2/c1-7-4-5-11(17)10(6-7)13(18)14-12-8(2)9(3)15-16-12/h4-6,17H,1-3H3,(H2,14,15,16,18). The van der Waals surface area contributed by atoms with Crippen molar-refractivity contribution < 1.29 is 9.90 Å². The number of carbonyl (C=O) groups is 1. The van der Waals surface area contributed by atoms with E-state index in [-0.39, 0.29) is 17.2 Å². The summed E-state index contributed by atoms with van der Waals surface area (Å²) >= 11 is 0. The number of carbonyl (C=O) groups excluding carboxylic acids is 1. The molecule has 3 N–H and O–H groups in total. The number of rotatable bonds is 2. The molecule has 0 aliphatic heterocycles. The van der Waals surface area contributed by atoms with Crippen LogP contribution >= 0.6 is 0 Å². The van der Waals surface area contributed by atoms with Gasteiger partial charge in [0.25, 0.3) is 5.91 Å². The first-order chi connectivity index (χ1) is 8.49. The van der Waals surface area contributed by atoms with Crippen LogP contribution < -0.4 is 5.32 Å². The quantitative estimate of drug-likeness (QED) is 0.759. The van der Waals surface area contributed by atoms with Crippen molar-refractivity contribution in [3.8, 4) is 5.75 Å². The van der Waals surface area contributed by atoms with E-state index in [1.165, 1.54) is 6.07 Å². The Balaban J connectivity index is 2.27. The molecule has 0 unspecified atom stereocenters. The number of aromatic hydroxyl groups is 1. The lowest BCUT2D eigenvalue weighted by molar-refractivity contribution is 0.102. The van der Waals surface area contributed by atoms with Gasteiger partial charge in [-0.25, -0.2) is 0 Å². The molecule has 94 valence electrons. The summed E-state index contributed by atoms with van der Waals surface area (Å²) in [6.07, 6.45) is 0. The zero-order valence-corrected chi connectivity index (χ0v) is 10.5. The summed E-state index contributed by atoms with van der Waals surface area (Å²) < 4.78 is 0. The van der Waals surface area contributed by atoms with E-state index in [4.69, 9.17) is 0 Å². The molecule has 0 saturated heterocycles. The summed E-state index contributed by atoms with van der Waals surface area (Å²) in [6.45, 7) is 5.60. The number of phenolic OH excluding ortho intramolecular Hbond substituents is 1. The van der Waals surface area contributed by atoms with E-state index in [0.717, 1.165) is 16.8 Å². The Kier molecular flexibility index (Phi) is 3.06. The van der Waals surface area contributed by atoms with E-state index < -0.39 is 0 Å². The van der Waals surface area contributed by atoms with Crippen molar-refractivity contribution in [2.75, 3.05) is 5.32 Å². The van der Waals surface area contributed by atoms with Gasteiger partial charge in [0, 0.05) is 11.3 Å². The van der Waals surface area contributed by atoms with E-state index in [0.29, 0.717) is 5.82 Å². The molecule has 1 aromatic carbocycles. The third kappa shape index (κ3) is 2.20. The van der Waals surface area contributed by atoms with Gasteiger partial charge in [-0.1, -0.05) is 11.6 Å². The number of H-pyrrole nitrogens is 1. The van der Waals surface area contributed by atoms with Gasteiger partial charge >= 0.3 is 0 Å². The number of nitrogens with one attached hydrogen (secondary N) is 2. The molecule has 0 fully saturated rings. The number of hydrogen-bond donors (Lipinski definition) is 3. The van der Waals surface area contributed by atoms with Gasteiger partial charge in [0.05, 0.1) is 5.56 Å². The predicted molar refractivity (Wildman–Crippen MR) is 68.9 cm³/mol. The van der Waals surface area contributed by atoms with Crippen LogP contribution in [0.25, 0.3) is 0 Å². The first-order valence-electron chi connectivity index (χ1n) is 5.61. The minimum atomic E-state index is -0.370. The lowest BCUT2D eigenvalue weighted by Gasteiger charge is -2.06. The Bertz CT molecular complexity index is 602. The maximum atomic E-state index is 12.0. The SMILES string of the molecule is Cc1ccc(O)c(C(=O)Nc2n[nH]c(C)c2C)c1.